The molecule has 0 rings (SSSR count). The molecule has 0 unspecified atom stereocenters. The van der Waals surface area contributed by atoms with E-state index in [4.69, 9.17) is 0 Å². The van der Waals surface area contributed by atoms with Gasteiger partial charge in [-0.3, -0.25) is 9.41 Å². The Morgan fingerprint density at radius 2 is 1.00 bits per heavy atom. The van der Waals surface area contributed by atoms with Gasteiger partial charge in [-0.05, 0) is 14.1 Å². The molecule has 0 bridgehead atoms. The average Bonchev–Trinajstić information content (AvgIpc) is 0.918. The van der Waals surface area contributed by atoms with Crippen LogP contribution in [0.1, 0.15) is 0 Å². The van der Waals surface area contributed by atoms with Gasteiger partial charge in [0.1, 0.15) is 0 Å². The van der Waals surface area contributed by atoms with E-state index in [1.807, 2.05) is 14.1 Å². The van der Waals surface area contributed by atoms with E-state index in [9.17, 15) is 0 Å². The van der Waals surface area contributed by atoms with Crippen molar-refractivity contribution in [3.05, 3.63) is 0 Å². The monoisotopic (exact) mass is 85.1 g/mol. The Balaban J connectivity index is -0.0000000200. The zero-order chi connectivity index (χ0) is 2.71. The number of rotatable bonds is 0. The van der Waals surface area contributed by atoms with Crippen LogP contribution in [0.3, 0.4) is 0 Å². The predicted octanol–water partition coefficient (Wildman–Crippen LogP) is 0.141. The van der Waals surface area contributed by atoms with Gasteiger partial charge < -0.3 is 5.32 Å². The second-order valence-electron chi connectivity index (χ2n) is 0.500. The molecular weight excluding hydrogens is 76.0 g/mol. The van der Waals surface area contributed by atoms with Crippen molar-refractivity contribution in [3.8, 4) is 0 Å². The van der Waals surface area contributed by atoms with Crippen molar-refractivity contribution in [3.63, 3.8) is 0 Å². The van der Waals surface area contributed by atoms with Crippen LogP contribution in [-0.4, -0.2) is 14.1 Å². The van der Waals surface area contributed by atoms with Crippen LogP contribution in [0.4, 0.5) is 9.41 Å². The quantitative estimate of drug-likeness (QED) is 0.441. The third-order valence-corrected chi connectivity index (χ3v) is 0. The lowest BCUT2D eigenvalue weighted by atomic mass is 11.3. The van der Waals surface area contributed by atoms with Crippen LogP contribution in [0.5, 0.6) is 0 Å². The third kappa shape index (κ3) is 391. The van der Waals surface area contributed by atoms with Gasteiger partial charge in [-0.25, -0.2) is 0 Å². The highest BCUT2D eigenvalue weighted by molar-refractivity contribution is 3.91. The lowest BCUT2D eigenvalue weighted by molar-refractivity contribution is 1.02. The standard InChI is InChI=1S/C2H7N.2FH/c1-3-2;;/h3H,1-2H3;2*1H. The molecule has 0 aliphatic carbocycles. The highest BCUT2D eigenvalue weighted by atomic mass is 19.0. The third-order valence-electron chi connectivity index (χ3n) is 0. The maximum atomic E-state index is 2.75. The van der Waals surface area contributed by atoms with Crippen molar-refractivity contribution < 1.29 is 9.41 Å². The molecule has 0 saturated carbocycles. The molecule has 3 heteroatoms. The maximum Gasteiger partial charge on any atom is -0.0167 e. The van der Waals surface area contributed by atoms with Gasteiger partial charge in [0, 0.05) is 0 Å². The zero-order valence-corrected chi connectivity index (χ0v) is 3.32. The molecule has 5 heavy (non-hydrogen) atoms. The largest absolute Gasteiger partial charge is 0.323 e. The SMILES string of the molecule is CNC.F.F. The van der Waals surface area contributed by atoms with E-state index in [1.54, 1.807) is 0 Å². The van der Waals surface area contributed by atoms with Crippen LogP contribution < -0.4 is 5.32 Å². The minimum Gasteiger partial charge on any atom is -0.323 e. The summed E-state index contributed by atoms with van der Waals surface area (Å²) in [6, 6.07) is 0. The number of halogens is 2. The fraction of sp³-hybridized carbons (Fsp3) is 1.00. The summed E-state index contributed by atoms with van der Waals surface area (Å²) in [5, 5.41) is 2.75. The molecule has 36 valence electrons. The summed E-state index contributed by atoms with van der Waals surface area (Å²) in [4.78, 5) is 0. The highest BCUT2D eigenvalue weighted by Gasteiger charge is 1.25. The number of hydrogen-bond donors (Lipinski definition) is 1. The van der Waals surface area contributed by atoms with Crippen molar-refractivity contribution in [2.45, 2.75) is 0 Å². The molecule has 0 aromatic heterocycles. The molecule has 0 fully saturated rings. The van der Waals surface area contributed by atoms with Crippen molar-refractivity contribution in [1.82, 2.24) is 5.32 Å². The minimum atomic E-state index is 0. The Kier molecular flexibility index (Phi) is 192. The van der Waals surface area contributed by atoms with E-state index in [1.165, 1.54) is 0 Å². The Morgan fingerprint density at radius 3 is 1.00 bits per heavy atom. The van der Waals surface area contributed by atoms with Crippen LogP contribution in [0.2, 0.25) is 0 Å². The molecule has 0 atom stereocenters. The average molecular weight is 85.1 g/mol. The predicted molar refractivity (Wildman–Crippen MR) is 20.0 cm³/mol. The Hall–Kier alpha value is -0.180. The van der Waals surface area contributed by atoms with Gasteiger partial charge in [0.25, 0.3) is 0 Å². The van der Waals surface area contributed by atoms with E-state index >= 15 is 0 Å². The van der Waals surface area contributed by atoms with Crippen LogP contribution in [0.25, 0.3) is 0 Å². The van der Waals surface area contributed by atoms with Gasteiger partial charge in [0.2, 0.25) is 0 Å². The first-order chi connectivity index (χ1) is 1.41. The molecule has 0 aromatic rings. The summed E-state index contributed by atoms with van der Waals surface area (Å²) in [5.74, 6) is 0. The minimum absolute atomic E-state index is 0. The molecule has 0 radical (unpaired) electrons. The van der Waals surface area contributed by atoms with Gasteiger partial charge in [0.05, 0.1) is 0 Å². The first kappa shape index (κ1) is 21.2. The molecule has 1 N–H and O–H groups in total. The van der Waals surface area contributed by atoms with E-state index in [0.29, 0.717) is 0 Å². The molecular formula is C2H9F2N. The van der Waals surface area contributed by atoms with Crippen molar-refractivity contribution in [2.24, 2.45) is 0 Å². The van der Waals surface area contributed by atoms with Crippen LogP contribution in [0.15, 0.2) is 0 Å². The summed E-state index contributed by atoms with van der Waals surface area (Å²) >= 11 is 0. The lowest BCUT2D eigenvalue weighted by Gasteiger charge is -1.59. The number of nitrogens with one attached hydrogen (secondary N) is 1. The van der Waals surface area contributed by atoms with E-state index < -0.39 is 0 Å². The fourth-order valence-corrected chi connectivity index (χ4v) is 0. The Labute approximate surface area is 30.1 Å². The Morgan fingerprint density at radius 1 is 1.00 bits per heavy atom. The summed E-state index contributed by atoms with van der Waals surface area (Å²) in [5.41, 5.74) is 0. The first-order valence-corrected chi connectivity index (χ1v) is 1.00. The second kappa shape index (κ2) is 45.2. The summed E-state index contributed by atoms with van der Waals surface area (Å²) < 4.78 is 0. The van der Waals surface area contributed by atoms with Gasteiger partial charge in [-0.15, -0.1) is 0 Å². The molecule has 0 aromatic carbocycles. The molecule has 0 heterocycles. The van der Waals surface area contributed by atoms with Crippen molar-refractivity contribution >= 4 is 0 Å². The molecule has 0 spiro atoms. The van der Waals surface area contributed by atoms with Gasteiger partial charge >= 0.3 is 0 Å². The maximum absolute atomic E-state index is 2.75. The van der Waals surface area contributed by atoms with E-state index in [2.05, 4.69) is 5.32 Å². The summed E-state index contributed by atoms with van der Waals surface area (Å²) in [6.07, 6.45) is 0. The Bertz CT molecular complexity index is 7.61. The summed E-state index contributed by atoms with van der Waals surface area (Å²) in [6.45, 7) is 0. The van der Waals surface area contributed by atoms with Crippen molar-refractivity contribution in [1.29, 1.82) is 0 Å². The van der Waals surface area contributed by atoms with Crippen LogP contribution in [-0.2, 0) is 0 Å². The highest BCUT2D eigenvalue weighted by Crippen LogP contribution is 0.981. The first-order valence-electron chi connectivity index (χ1n) is 1.00. The van der Waals surface area contributed by atoms with E-state index in [-0.39, 0.29) is 9.41 Å². The van der Waals surface area contributed by atoms with E-state index in [0.717, 1.165) is 0 Å². The number of hydrogen-bond acceptors (Lipinski definition) is 1. The van der Waals surface area contributed by atoms with Crippen molar-refractivity contribution in [2.75, 3.05) is 14.1 Å². The topological polar surface area (TPSA) is 12.0 Å². The molecule has 0 amide bonds. The molecule has 0 aliphatic heterocycles. The smallest absolute Gasteiger partial charge is 0.0167 e. The van der Waals surface area contributed by atoms with Gasteiger partial charge in [-0.1, -0.05) is 0 Å². The van der Waals surface area contributed by atoms with Crippen LogP contribution in [0, 0.1) is 0 Å². The van der Waals surface area contributed by atoms with Crippen LogP contribution >= 0.6 is 0 Å². The molecule has 0 aliphatic rings. The lowest BCUT2D eigenvalue weighted by Crippen LogP contribution is -1.89. The fourth-order valence-electron chi connectivity index (χ4n) is 0. The molecule has 1 nitrogen and oxygen atoms in total. The van der Waals surface area contributed by atoms with Gasteiger partial charge in [0.15, 0.2) is 0 Å². The second-order valence-corrected chi connectivity index (χ2v) is 0.500. The molecule has 0 saturated heterocycles. The normalized spacial score (nSPS) is 3.60. The summed E-state index contributed by atoms with van der Waals surface area (Å²) in [7, 11) is 3.75. The van der Waals surface area contributed by atoms with Gasteiger partial charge in [-0.2, -0.15) is 0 Å². The zero-order valence-electron chi connectivity index (χ0n) is 3.32.